The highest BCUT2D eigenvalue weighted by atomic mass is 16.5. The van der Waals surface area contributed by atoms with Crippen molar-refractivity contribution in [3.8, 4) is 0 Å². The van der Waals surface area contributed by atoms with Crippen molar-refractivity contribution in [3.05, 3.63) is 0 Å². The number of unbranched alkanes of at least 4 members (excludes halogenated alkanes) is 2. The first-order chi connectivity index (χ1) is 11.1. The summed E-state index contributed by atoms with van der Waals surface area (Å²) in [6, 6.07) is 0. The van der Waals surface area contributed by atoms with Crippen molar-refractivity contribution < 1.29 is 24.2 Å². The lowest BCUT2D eigenvalue weighted by molar-refractivity contribution is -0.151. The van der Waals surface area contributed by atoms with Gasteiger partial charge in [0.2, 0.25) is 0 Å². The lowest BCUT2D eigenvalue weighted by atomic mass is 9.86. The third kappa shape index (κ3) is 10.6. The summed E-state index contributed by atoms with van der Waals surface area (Å²) in [5, 5.41) is 10.0. The first kappa shape index (κ1) is 22.9. The fraction of sp³-hybridized carbons (Fsp3) is 0.895. The Kier molecular flexibility index (Phi) is 10.9. The number of esters is 1. The van der Waals surface area contributed by atoms with Crippen molar-refractivity contribution in [2.75, 3.05) is 13.7 Å². The normalized spacial score (nSPS) is 13.4. The Morgan fingerprint density at radius 1 is 1.04 bits per heavy atom. The molecule has 0 spiro atoms. The third-order valence-electron chi connectivity index (χ3n) is 4.51. The number of ether oxygens (including phenoxy) is 2. The smallest absolute Gasteiger partial charge is 0.311 e. The van der Waals surface area contributed by atoms with Crippen LogP contribution in [0.4, 0.5) is 0 Å². The van der Waals surface area contributed by atoms with E-state index in [1.54, 1.807) is 0 Å². The minimum absolute atomic E-state index is 0.00860. The average molecular weight is 344 g/mol. The molecule has 1 unspecified atom stereocenters. The van der Waals surface area contributed by atoms with Crippen LogP contribution in [0.25, 0.3) is 0 Å². The molecule has 0 aliphatic rings. The molecule has 1 atom stereocenters. The van der Waals surface area contributed by atoms with Crippen LogP contribution in [-0.2, 0) is 19.1 Å². The lowest BCUT2D eigenvalue weighted by Gasteiger charge is -2.23. The van der Waals surface area contributed by atoms with Crippen LogP contribution in [0.5, 0.6) is 0 Å². The van der Waals surface area contributed by atoms with Gasteiger partial charge in [-0.25, -0.2) is 0 Å². The Labute approximate surface area is 147 Å². The van der Waals surface area contributed by atoms with Gasteiger partial charge < -0.3 is 14.6 Å². The molecule has 5 nitrogen and oxygen atoms in total. The van der Waals surface area contributed by atoms with Gasteiger partial charge in [-0.2, -0.15) is 0 Å². The Hall–Kier alpha value is -1.10. The molecule has 0 rings (SSSR count). The predicted octanol–water partition coefficient (Wildman–Crippen LogP) is 3.87. The minimum Gasteiger partial charge on any atom is -0.469 e. The zero-order valence-electron chi connectivity index (χ0n) is 16.1. The molecule has 0 fully saturated rings. The zero-order valence-corrected chi connectivity index (χ0v) is 16.1. The van der Waals surface area contributed by atoms with Gasteiger partial charge in [0.15, 0.2) is 0 Å². The Morgan fingerprint density at radius 3 is 2.08 bits per heavy atom. The van der Waals surface area contributed by atoms with Crippen molar-refractivity contribution in [1.82, 2.24) is 0 Å². The summed E-state index contributed by atoms with van der Waals surface area (Å²) in [4.78, 5) is 21.8. The van der Waals surface area contributed by atoms with E-state index in [0.29, 0.717) is 13.1 Å². The van der Waals surface area contributed by atoms with Gasteiger partial charge in [0, 0.05) is 0 Å². The van der Waals surface area contributed by atoms with E-state index >= 15 is 0 Å². The summed E-state index contributed by atoms with van der Waals surface area (Å²) >= 11 is 0. The largest absolute Gasteiger partial charge is 0.469 e. The first-order valence-corrected chi connectivity index (χ1v) is 8.96. The lowest BCUT2D eigenvalue weighted by Crippen LogP contribution is -2.25. The van der Waals surface area contributed by atoms with Crippen LogP contribution in [0, 0.1) is 10.8 Å². The molecule has 0 radical (unpaired) electrons. The standard InChI is InChI=1S/C19H36O5/c1-18(2,14-24-15-20)12-8-6-10-16(21)11-7-9-13-19(3,4)17(22)23-5/h15-16,21H,6-14H2,1-5H3. The second-order valence-electron chi connectivity index (χ2n) is 8.09. The van der Waals surface area contributed by atoms with Crippen LogP contribution in [0.3, 0.4) is 0 Å². The topological polar surface area (TPSA) is 72.8 Å². The fourth-order valence-corrected chi connectivity index (χ4v) is 2.78. The summed E-state index contributed by atoms with van der Waals surface area (Å²) in [6.07, 6.45) is 6.86. The molecule has 0 aliphatic heterocycles. The van der Waals surface area contributed by atoms with Crippen LogP contribution >= 0.6 is 0 Å². The molecule has 24 heavy (non-hydrogen) atoms. The summed E-state index contributed by atoms with van der Waals surface area (Å²) in [6.45, 7) is 8.88. The Balaban J connectivity index is 3.75. The van der Waals surface area contributed by atoms with Crippen molar-refractivity contribution in [1.29, 1.82) is 0 Å². The van der Waals surface area contributed by atoms with Gasteiger partial charge in [-0.1, -0.05) is 39.5 Å². The molecular formula is C19H36O5. The fourth-order valence-electron chi connectivity index (χ4n) is 2.78. The van der Waals surface area contributed by atoms with Gasteiger partial charge in [0.05, 0.1) is 25.2 Å². The van der Waals surface area contributed by atoms with Gasteiger partial charge >= 0.3 is 5.97 Å². The highest BCUT2D eigenvalue weighted by Crippen LogP contribution is 2.26. The van der Waals surface area contributed by atoms with E-state index in [0.717, 1.165) is 51.4 Å². The van der Waals surface area contributed by atoms with Crippen LogP contribution in [0.15, 0.2) is 0 Å². The zero-order chi connectivity index (χ0) is 18.6. The highest BCUT2D eigenvalue weighted by molar-refractivity contribution is 5.75. The number of hydrogen-bond donors (Lipinski definition) is 1. The number of rotatable bonds is 14. The van der Waals surface area contributed by atoms with E-state index in [4.69, 9.17) is 9.47 Å². The molecule has 0 saturated carbocycles. The maximum atomic E-state index is 11.6. The van der Waals surface area contributed by atoms with Crippen molar-refractivity contribution >= 4 is 12.4 Å². The van der Waals surface area contributed by atoms with E-state index in [9.17, 15) is 14.7 Å². The summed E-state index contributed by atoms with van der Waals surface area (Å²) < 4.78 is 9.63. The molecule has 0 aromatic rings. The molecule has 0 aromatic carbocycles. The van der Waals surface area contributed by atoms with Crippen molar-refractivity contribution in [2.24, 2.45) is 10.8 Å². The molecule has 0 heterocycles. The maximum absolute atomic E-state index is 11.6. The van der Waals surface area contributed by atoms with E-state index in [1.807, 2.05) is 13.8 Å². The predicted molar refractivity (Wildman–Crippen MR) is 94.5 cm³/mol. The number of aliphatic hydroxyl groups excluding tert-OH is 1. The van der Waals surface area contributed by atoms with Crippen molar-refractivity contribution in [3.63, 3.8) is 0 Å². The van der Waals surface area contributed by atoms with Crippen LogP contribution in [0.2, 0.25) is 0 Å². The second kappa shape index (κ2) is 11.5. The van der Waals surface area contributed by atoms with Crippen LogP contribution < -0.4 is 0 Å². The molecule has 0 aromatic heterocycles. The SMILES string of the molecule is COC(=O)C(C)(C)CCCCC(O)CCCCC(C)(C)COC=O. The molecular weight excluding hydrogens is 308 g/mol. The van der Waals surface area contributed by atoms with E-state index < -0.39 is 5.41 Å². The third-order valence-corrected chi connectivity index (χ3v) is 4.51. The second-order valence-corrected chi connectivity index (χ2v) is 8.09. The van der Waals surface area contributed by atoms with E-state index in [-0.39, 0.29) is 17.5 Å². The molecule has 0 aliphatic carbocycles. The Morgan fingerprint density at radius 2 is 1.58 bits per heavy atom. The maximum Gasteiger partial charge on any atom is 0.311 e. The van der Waals surface area contributed by atoms with Gasteiger partial charge in [-0.15, -0.1) is 0 Å². The van der Waals surface area contributed by atoms with Gasteiger partial charge in [0.1, 0.15) is 0 Å². The quantitative estimate of drug-likeness (QED) is 0.294. The Bertz CT molecular complexity index is 363. The first-order valence-electron chi connectivity index (χ1n) is 8.96. The molecule has 0 saturated heterocycles. The number of carbonyl (C=O) groups is 2. The van der Waals surface area contributed by atoms with E-state index in [1.165, 1.54) is 7.11 Å². The summed E-state index contributed by atoms with van der Waals surface area (Å²) in [5.41, 5.74) is -0.458. The van der Waals surface area contributed by atoms with Crippen molar-refractivity contribution in [2.45, 2.75) is 85.2 Å². The van der Waals surface area contributed by atoms with Crippen LogP contribution in [0.1, 0.15) is 79.1 Å². The summed E-state index contributed by atoms with van der Waals surface area (Å²) in [5.74, 6) is -0.177. The molecule has 5 heteroatoms. The number of hydrogen-bond acceptors (Lipinski definition) is 5. The number of carbonyl (C=O) groups excluding carboxylic acids is 2. The monoisotopic (exact) mass is 344 g/mol. The number of aliphatic hydroxyl groups is 1. The molecule has 1 N–H and O–H groups in total. The van der Waals surface area contributed by atoms with E-state index in [2.05, 4.69) is 13.8 Å². The molecule has 0 amide bonds. The van der Waals surface area contributed by atoms with Gasteiger partial charge in [0.25, 0.3) is 6.47 Å². The summed E-state index contributed by atoms with van der Waals surface area (Å²) in [7, 11) is 1.42. The highest BCUT2D eigenvalue weighted by Gasteiger charge is 2.27. The molecule has 0 bridgehead atoms. The average Bonchev–Trinajstić information content (AvgIpc) is 2.53. The van der Waals surface area contributed by atoms with Crippen LogP contribution in [-0.4, -0.2) is 37.4 Å². The minimum atomic E-state index is -0.450. The van der Waals surface area contributed by atoms with Gasteiger partial charge in [-0.3, -0.25) is 9.59 Å². The number of methoxy groups -OCH3 is 1. The van der Waals surface area contributed by atoms with Gasteiger partial charge in [-0.05, 0) is 44.9 Å². The molecule has 142 valence electrons.